The monoisotopic (exact) mass is 358 g/mol. The van der Waals surface area contributed by atoms with Crippen LogP contribution in [0.25, 0.3) is 0 Å². The lowest BCUT2D eigenvalue weighted by Gasteiger charge is -2.36. The molecular weight excluding hydrogens is 336 g/mol. The Balaban J connectivity index is 1.79. The first-order chi connectivity index (χ1) is 11.1. The van der Waals surface area contributed by atoms with Crippen LogP contribution in [-0.4, -0.2) is 50.8 Å². The normalized spacial score (nSPS) is 27.0. The minimum absolute atomic E-state index is 0.0735. The van der Waals surface area contributed by atoms with Gasteiger partial charge >= 0.3 is 0 Å². The summed E-state index contributed by atoms with van der Waals surface area (Å²) < 4.78 is 33.1. The van der Waals surface area contributed by atoms with E-state index in [0.717, 1.165) is 24.8 Å². The summed E-state index contributed by atoms with van der Waals surface area (Å²) >= 11 is 6.07. The van der Waals surface area contributed by atoms with Crippen molar-refractivity contribution >= 4 is 21.6 Å². The van der Waals surface area contributed by atoms with Crippen LogP contribution in [0.15, 0.2) is 24.3 Å². The average molecular weight is 359 g/mol. The Labute approximate surface area is 143 Å². The second-order valence-electron chi connectivity index (χ2n) is 6.15. The second kappa shape index (κ2) is 7.49. The van der Waals surface area contributed by atoms with Gasteiger partial charge in [0.15, 0.2) is 0 Å². The van der Waals surface area contributed by atoms with Crippen molar-refractivity contribution in [3.05, 3.63) is 34.9 Å². The van der Waals surface area contributed by atoms with Crippen molar-refractivity contribution in [2.75, 3.05) is 32.0 Å². The number of piperazine rings is 1. The maximum absolute atomic E-state index is 12.9. The number of rotatable bonds is 4. The van der Waals surface area contributed by atoms with Crippen molar-refractivity contribution in [2.24, 2.45) is 0 Å². The van der Waals surface area contributed by atoms with Gasteiger partial charge in [-0.2, -0.15) is 4.31 Å². The first-order valence-electron chi connectivity index (χ1n) is 8.13. The van der Waals surface area contributed by atoms with Gasteiger partial charge in [0, 0.05) is 31.3 Å². The number of sulfonamides is 1. The number of benzene rings is 1. The van der Waals surface area contributed by atoms with Gasteiger partial charge in [-0.05, 0) is 37.0 Å². The highest BCUT2D eigenvalue weighted by Crippen LogP contribution is 2.28. The molecule has 1 aromatic rings. The zero-order valence-corrected chi connectivity index (χ0v) is 14.7. The summed E-state index contributed by atoms with van der Waals surface area (Å²) in [5.74, 6) is 0.0735. The molecule has 0 bridgehead atoms. The van der Waals surface area contributed by atoms with E-state index in [1.54, 1.807) is 10.4 Å². The summed E-state index contributed by atoms with van der Waals surface area (Å²) in [5, 5.41) is 3.90. The Morgan fingerprint density at radius 3 is 2.96 bits per heavy atom. The standard InChI is InChI=1S/C16H23ClN2O3S/c17-14-5-3-4-13(10-14)16-11-18-7-8-19(16)23(20,21)12-15-6-1-2-9-22-15/h3-5,10,15-16,18H,1-2,6-9,11-12H2. The summed E-state index contributed by atoms with van der Waals surface area (Å²) in [7, 11) is -3.37. The predicted molar refractivity (Wildman–Crippen MR) is 91.1 cm³/mol. The van der Waals surface area contributed by atoms with Gasteiger partial charge in [0.25, 0.3) is 0 Å². The maximum atomic E-state index is 12.9. The van der Waals surface area contributed by atoms with Gasteiger partial charge in [0.1, 0.15) is 0 Å². The molecule has 1 aromatic carbocycles. The van der Waals surface area contributed by atoms with E-state index in [-0.39, 0.29) is 17.9 Å². The van der Waals surface area contributed by atoms with Gasteiger partial charge < -0.3 is 10.1 Å². The summed E-state index contributed by atoms with van der Waals surface area (Å²) in [4.78, 5) is 0. The van der Waals surface area contributed by atoms with Crippen LogP contribution < -0.4 is 5.32 Å². The molecule has 7 heteroatoms. The average Bonchev–Trinajstić information content (AvgIpc) is 2.55. The third-order valence-corrected chi connectivity index (χ3v) is 6.64. The molecule has 2 fully saturated rings. The molecule has 0 saturated carbocycles. The van der Waals surface area contributed by atoms with Crippen molar-refractivity contribution in [2.45, 2.75) is 31.4 Å². The van der Waals surface area contributed by atoms with Crippen molar-refractivity contribution < 1.29 is 13.2 Å². The molecule has 5 nitrogen and oxygen atoms in total. The molecule has 128 valence electrons. The fourth-order valence-corrected chi connectivity index (χ4v) is 5.36. The van der Waals surface area contributed by atoms with E-state index in [1.165, 1.54) is 0 Å². The van der Waals surface area contributed by atoms with Gasteiger partial charge in [0.2, 0.25) is 10.0 Å². The molecule has 0 aliphatic carbocycles. The minimum Gasteiger partial charge on any atom is -0.377 e. The molecule has 1 N–H and O–H groups in total. The Hall–Kier alpha value is -0.660. The molecule has 0 radical (unpaired) electrons. The summed E-state index contributed by atoms with van der Waals surface area (Å²) in [6, 6.07) is 7.23. The molecule has 2 aliphatic heterocycles. The highest BCUT2D eigenvalue weighted by atomic mass is 35.5. The number of nitrogens with zero attached hydrogens (tertiary/aromatic N) is 1. The smallest absolute Gasteiger partial charge is 0.217 e. The summed E-state index contributed by atoms with van der Waals surface area (Å²) in [6.45, 7) is 2.42. The minimum atomic E-state index is -3.37. The van der Waals surface area contributed by atoms with Crippen LogP contribution in [-0.2, 0) is 14.8 Å². The Morgan fingerprint density at radius 1 is 1.35 bits per heavy atom. The highest BCUT2D eigenvalue weighted by molar-refractivity contribution is 7.89. The van der Waals surface area contributed by atoms with E-state index in [9.17, 15) is 8.42 Å². The molecule has 0 aromatic heterocycles. The Kier molecular flexibility index (Phi) is 5.59. The van der Waals surface area contributed by atoms with Crippen LogP contribution in [0.3, 0.4) is 0 Å². The lowest BCUT2D eigenvalue weighted by Crippen LogP contribution is -2.50. The van der Waals surface area contributed by atoms with Crippen molar-refractivity contribution in [1.82, 2.24) is 9.62 Å². The van der Waals surface area contributed by atoms with Gasteiger partial charge in [-0.25, -0.2) is 8.42 Å². The summed E-state index contributed by atoms with van der Waals surface area (Å²) in [5.41, 5.74) is 0.929. The molecule has 2 saturated heterocycles. The van der Waals surface area contributed by atoms with E-state index >= 15 is 0 Å². The third-order valence-electron chi connectivity index (χ3n) is 4.46. The molecule has 2 unspecified atom stereocenters. The van der Waals surface area contributed by atoms with Gasteiger partial charge in [0.05, 0.1) is 17.9 Å². The van der Waals surface area contributed by atoms with E-state index in [1.807, 2.05) is 18.2 Å². The highest BCUT2D eigenvalue weighted by Gasteiger charge is 2.35. The van der Waals surface area contributed by atoms with Crippen LogP contribution >= 0.6 is 11.6 Å². The lowest BCUT2D eigenvalue weighted by atomic mass is 10.1. The second-order valence-corrected chi connectivity index (χ2v) is 8.56. The molecule has 2 aliphatic rings. The number of nitrogens with one attached hydrogen (secondary N) is 1. The van der Waals surface area contributed by atoms with Crippen LogP contribution in [0.4, 0.5) is 0 Å². The lowest BCUT2D eigenvalue weighted by molar-refractivity contribution is 0.0296. The van der Waals surface area contributed by atoms with Crippen molar-refractivity contribution in [3.63, 3.8) is 0 Å². The fraction of sp³-hybridized carbons (Fsp3) is 0.625. The number of halogens is 1. The molecule has 2 atom stereocenters. The summed E-state index contributed by atoms with van der Waals surface area (Å²) in [6.07, 6.45) is 2.71. The zero-order valence-electron chi connectivity index (χ0n) is 13.1. The molecular formula is C16H23ClN2O3S. The SMILES string of the molecule is O=S(=O)(CC1CCCCO1)N1CCNCC1c1cccc(Cl)c1. The van der Waals surface area contributed by atoms with Crippen LogP contribution in [0.2, 0.25) is 5.02 Å². The third kappa shape index (κ3) is 4.25. The molecule has 0 spiro atoms. The molecule has 0 amide bonds. The van der Waals surface area contributed by atoms with E-state index in [0.29, 0.717) is 31.3 Å². The maximum Gasteiger partial charge on any atom is 0.217 e. The van der Waals surface area contributed by atoms with Crippen LogP contribution in [0.5, 0.6) is 0 Å². The Bertz CT molecular complexity index is 632. The number of hydrogen-bond acceptors (Lipinski definition) is 4. The quantitative estimate of drug-likeness (QED) is 0.896. The van der Waals surface area contributed by atoms with Crippen LogP contribution in [0.1, 0.15) is 30.9 Å². The first-order valence-corrected chi connectivity index (χ1v) is 10.1. The van der Waals surface area contributed by atoms with Gasteiger partial charge in [-0.15, -0.1) is 0 Å². The van der Waals surface area contributed by atoms with E-state index in [4.69, 9.17) is 16.3 Å². The number of ether oxygens (including phenoxy) is 1. The van der Waals surface area contributed by atoms with Gasteiger partial charge in [-0.1, -0.05) is 23.7 Å². The van der Waals surface area contributed by atoms with E-state index in [2.05, 4.69) is 5.32 Å². The topological polar surface area (TPSA) is 58.6 Å². The predicted octanol–water partition coefficient (Wildman–Crippen LogP) is 2.19. The number of hydrogen-bond donors (Lipinski definition) is 1. The first kappa shape index (κ1) is 17.2. The zero-order chi connectivity index (χ0) is 16.3. The van der Waals surface area contributed by atoms with Crippen LogP contribution in [0, 0.1) is 0 Å². The van der Waals surface area contributed by atoms with Crippen molar-refractivity contribution in [1.29, 1.82) is 0 Å². The molecule has 23 heavy (non-hydrogen) atoms. The largest absolute Gasteiger partial charge is 0.377 e. The molecule has 2 heterocycles. The Morgan fingerprint density at radius 2 is 2.22 bits per heavy atom. The van der Waals surface area contributed by atoms with E-state index < -0.39 is 10.0 Å². The van der Waals surface area contributed by atoms with Gasteiger partial charge in [-0.3, -0.25) is 0 Å². The van der Waals surface area contributed by atoms with Crippen molar-refractivity contribution in [3.8, 4) is 0 Å². The fourth-order valence-electron chi connectivity index (χ4n) is 3.29. The molecule has 3 rings (SSSR count).